The molecule has 2 aromatic carbocycles. The molecule has 3 rings (SSSR count). The zero-order valence-electron chi connectivity index (χ0n) is 9.09. The predicted octanol–water partition coefficient (Wildman–Crippen LogP) is 3.91. The molecule has 0 radical (unpaired) electrons. The third-order valence-corrected chi connectivity index (χ3v) is 2.81. The van der Waals surface area contributed by atoms with Gasteiger partial charge in [0.25, 0.3) is 0 Å². The Morgan fingerprint density at radius 2 is 1.76 bits per heavy atom. The van der Waals surface area contributed by atoms with E-state index < -0.39 is 0 Å². The number of hydrogen-bond donors (Lipinski definition) is 0. The molecule has 17 heavy (non-hydrogen) atoms. The van der Waals surface area contributed by atoms with Crippen LogP contribution in [0.5, 0.6) is 0 Å². The van der Waals surface area contributed by atoms with Crippen molar-refractivity contribution < 1.29 is 9.21 Å². The first kappa shape index (κ1) is 9.85. The minimum absolute atomic E-state index is 0.589. The third-order valence-electron chi connectivity index (χ3n) is 2.81. The summed E-state index contributed by atoms with van der Waals surface area (Å²) in [7, 11) is 0. The fraction of sp³-hybridized carbons (Fsp3) is 0. The zero-order chi connectivity index (χ0) is 11.7. The second kappa shape index (κ2) is 3.91. The molecule has 82 valence electrons. The van der Waals surface area contributed by atoms with Gasteiger partial charge in [0.15, 0.2) is 6.29 Å². The van der Waals surface area contributed by atoms with E-state index in [-0.39, 0.29) is 0 Å². The van der Waals surface area contributed by atoms with Crippen LogP contribution in [0.4, 0.5) is 0 Å². The van der Waals surface area contributed by atoms with Crippen LogP contribution in [-0.2, 0) is 0 Å². The number of hydrogen-bond acceptors (Lipinski definition) is 2. The molecule has 2 nitrogen and oxygen atoms in total. The van der Waals surface area contributed by atoms with Gasteiger partial charge in [0.05, 0.1) is 11.8 Å². The highest BCUT2D eigenvalue weighted by atomic mass is 16.3. The van der Waals surface area contributed by atoms with Gasteiger partial charge in [-0.1, -0.05) is 30.3 Å². The summed E-state index contributed by atoms with van der Waals surface area (Å²) < 4.78 is 5.30. The highest BCUT2D eigenvalue weighted by Crippen LogP contribution is 2.27. The molecule has 0 aliphatic carbocycles. The number of furan rings is 1. The molecule has 0 fully saturated rings. The zero-order valence-corrected chi connectivity index (χ0v) is 9.09. The Bertz CT molecular complexity index is 666. The maximum atomic E-state index is 11.0. The highest BCUT2D eigenvalue weighted by molar-refractivity contribution is 5.97. The Balaban J connectivity index is 2.28. The van der Waals surface area contributed by atoms with E-state index in [1.54, 1.807) is 6.26 Å². The molecule has 0 unspecified atom stereocenters. The number of benzene rings is 2. The van der Waals surface area contributed by atoms with Crippen LogP contribution in [0.3, 0.4) is 0 Å². The van der Waals surface area contributed by atoms with Crippen LogP contribution in [0.15, 0.2) is 59.2 Å². The first-order valence-electron chi connectivity index (χ1n) is 5.40. The van der Waals surface area contributed by atoms with Gasteiger partial charge in [-0.25, -0.2) is 0 Å². The maximum Gasteiger partial charge on any atom is 0.153 e. The molecule has 0 aliphatic rings. The number of rotatable bonds is 2. The monoisotopic (exact) mass is 222 g/mol. The molecule has 3 aromatic rings. The van der Waals surface area contributed by atoms with Gasteiger partial charge in [-0.05, 0) is 29.3 Å². The van der Waals surface area contributed by atoms with Crippen LogP contribution in [-0.4, -0.2) is 6.29 Å². The van der Waals surface area contributed by atoms with Crippen molar-refractivity contribution in [1.29, 1.82) is 0 Å². The SMILES string of the molecule is O=Cc1cc(-c2ccccc2)cc2ccoc12. The quantitative estimate of drug-likeness (QED) is 0.615. The van der Waals surface area contributed by atoms with Crippen LogP contribution in [0.1, 0.15) is 10.4 Å². The predicted molar refractivity (Wildman–Crippen MR) is 67.0 cm³/mol. The summed E-state index contributed by atoms with van der Waals surface area (Å²) in [5.74, 6) is 0. The van der Waals surface area contributed by atoms with Crippen LogP contribution < -0.4 is 0 Å². The van der Waals surface area contributed by atoms with E-state index in [1.165, 1.54) is 0 Å². The largest absolute Gasteiger partial charge is 0.464 e. The van der Waals surface area contributed by atoms with Crippen molar-refractivity contribution in [2.24, 2.45) is 0 Å². The van der Waals surface area contributed by atoms with Crippen LogP contribution in [0, 0.1) is 0 Å². The molecule has 0 saturated heterocycles. The molecular weight excluding hydrogens is 212 g/mol. The molecule has 0 amide bonds. The Kier molecular flexibility index (Phi) is 2.26. The smallest absolute Gasteiger partial charge is 0.153 e. The lowest BCUT2D eigenvalue weighted by atomic mass is 10.0. The van der Waals surface area contributed by atoms with E-state index in [1.807, 2.05) is 48.5 Å². The van der Waals surface area contributed by atoms with Gasteiger partial charge < -0.3 is 4.42 Å². The summed E-state index contributed by atoms with van der Waals surface area (Å²) in [5, 5.41) is 0.952. The lowest BCUT2D eigenvalue weighted by molar-refractivity contribution is 0.112. The van der Waals surface area contributed by atoms with Gasteiger partial charge in [0, 0.05) is 5.39 Å². The van der Waals surface area contributed by atoms with E-state index in [2.05, 4.69) is 0 Å². The minimum Gasteiger partial charge on any atom is -0.464 e. The first-order chi connectivity index (χ1) is 8.38. The Labute approximate surface area is 98.5 Å². The maximum absolute atomic E-state index is 11.0. The molecule has 0 bridgehead atoms. The van der Waals surface area contributed by atoms with E-state index in [9.17, 15) is 4.79 Å². The second-order valence-electron chi connectivity index (χ2n) is 3.89. The minimum atomic E-state index is 0.589. The van der Waals surface area contributed by atoms with Gasteiger partial charge in [-0.15, -0.1) is 0 Å². The fourth-order valence-corrected chi connectivity index (χ4v) is 1.99. The number of aldehydes is 1. The standard InChI is InChI=1S/C15H10O2/c16-10-14-9-13(11-4-2-1-3-5-11)8-12-6-7-17-15(12)14/h1-10H. The summed E-state index contributed by atoms with van der Waals surface area (Å²) >= 11 is 0. The van der Waals surface area contributed by atoms with Crippen molar-refractivity contribution in [2.45, 2.75) is 0 Å². The molecule has 0 aliphatic heterocycles. The first-order valence-corrected chi connectivity index (χ1v) is 5.40. The van der Waals surface area contributed by atoms with Crippen molar-refractivity contribution in [3.05, 3.63) is 60.4 Å². The van der Waals surface area contributed by atoms with Crippen molar-refractivity contribution >= 4 is 17.3 Å². The van der Waals surface area contributed by atoms with Crippen molar-refractivity contribution in [1.82, 2.24) is 0 Å². The van der Waals surface area contributed by atoms with Gasteiger partial charge in [0.1, 0.15) is 5.58 Å². The van der Waals surface area contributed by atoms with E-state index in [4.69, 9.17) is 4.42 Å². The van der Waals surface area contributed by atoms with Crippen LogP contribution in [0.2, 0.25) is 0 Å². The summed E-state index contributed by atoms with van der Waals surface area (Å²) in [5.41, 5.74) is 3.37. The number of carbonyl (C=O) groups is 1. The van der Waals surface area contributed by atoms with Crippen LogP contribution in [0.25, 0.3) is 22.1 Å². The average molecular weight is 222 g/mol. The average Bonchev–Trinajstić information content (AvgIpc) is 2.86. The van der Waals surface area contributed by atoms with Gasteiger partial charge >= 0.3 is 0 Å². The van der Waals surface area contributed by atoms with Crippen molar-refractivity contribution in [2.75, 3.05) is 0 Å². The fourth-order valence-electron chi connectivity index (χ4n) is 1.99. The highest BCUT2D eigenvalue weighted by Gasteiger charge is 2.07. The number of fused-ring (bicyclic) bond motifs is 1. The second-order valence-corrected chi connectivity index (χ2v) is 3.89. The van der Waals surface area contributed by atoms with Crippen LogP contribution >= 0.6 is 0 Å². The van der Waals surface area contributed by atoms with Crippen molar-refractivity contribution in [3.63, 3.8) is 0 Å². The number of carbonyl (C=O) groups excluding carboxylic acids is 1. The van der Waals surface area contributed by atoms with E-state index >= 15 is 0 Å². The molecular formula is C15H10O2. The Hall–Kier alpha value is -2.35. The summed E-state index contributed by atoms with van der Waals surface area (Å²) in [4.78, 5) is 11.0. The molecule has 0 atom stereocenters. The third kappa shape index (κ3) is 1.64. The molecule has 0 saturated carbocycles. The Morgan fingerprint density at radius 3 is 2.53 bits per heavy atom. The van der Waals surface area contributed by atoms with Crippen molar-refractivity contribution in [3.8, 4) is 11.1 Å². The van der Waals surface area contributed by atoms with E-state index in [0.29, 0.717) is 11.1 Å². The molecule has 0 N–H and O–H groups in total. The normalized spacial score (nSPS) is 10.6. The lowest BCUT2D eigenvalue weighted by Gasteiger charge is -2.03. The summed E-state index contributed by atoms with van der Waals surface area (Å²) in [6.45, 7) is 0. The molecule has 0 spiro atoms. The molecule has 2 heteroatoms. The molecule has 1 heterocycles. The van der Waals surface area contributed by atoms with Gasteiger partial charge in [-0.3, -0.25) is 4.79 Å². The van der Waals surface area contributed by atoms with Gasteiger partial charge in [0.2, 0.25) is 0 Å². The topological polar surface area (TPSA) is 30.2 Å². The Morgan fingerprint density at radius 1 is 0.941 bits per heavy atom. The summed E-state index contributed by atoms with van der Waals surface area (Å²) in [6, 6.07) is 15.7. The molecule has 1 aromatic heterocycles. The van der Waals surface area contributed by atoms with Gasteiger partial charge in [-0.2, -0.15) is 0 Å². The van der Waals surface area contributed by atoms with E-state index in [0.717, 1.165) is 22.8 Å². The lowest BCUT2D eigenvalue weighted by Crippen LogP contribution is -1.84. The summed E-state index contributed by atoms with van der Waals surface area (Å²) in [6.07, 6.45) is 2.44.